The minimum absolute atomic E-state index is 0.000627. The Bertz CT molecular complexity index is 6400. The van der Waals surface area contributed by atoms with Crippen molar-refractivity contribution in [3.05, 3.63) is 334 Å². The number of carboxylic acids is 2. The number of aryl methyl sites for hydroxylation is 3. The van der Waals surface area contributed by atoms with Crippen molar-refractivity contribution < 1.29 is 86.8 Å². The Hall–Kier alpha value is -17.1. The fraction of sp³-hybridized carbons (Fsp3) is 0.212. The number of hydrogen-bond acceptors (Lipinski definition) is 15. The lowest BCUT2D eigenvalue weighted by Crippen LogP contribution is -2.40. The zero-order chi connectivity index (χ0) is 97.3. The first-order chi connectivity index (χ1) is 65.9. The van der Waals surface area contributed by atoms with Crippen LogP contribution in [-0.2, 0) is 70.6 Å². The highest BCUT2D eigenvalue weighted by Crippen LogP contribution is 2.37. The maximum absolute atomic E-state index is 13.6. The molecule has 32 nitrogen and oxygen atoms in total. The number of rotatable bonds is 31. The van der Waals surface area contributed by atoms with Gasteiger partial charge in [-0.15, -0.1) is 0 Å². The number of halogens is 1. The zero-order valence-electron chi connectivity index (χ0n) is 75.4. The Morgan fingerprint density at radius 1 is 0.343 bits per heavy atom. The summed E-state index contributed by atoms with van der Waals surface area (Å²) in [4.78, 5) is 187. The third-order valence-corrected chi connectivity index (χ3v) is 22.8. The first-order valence-corrected chi connectivity index (χ1v) is 44.2. The molecule has 3 aliphatic heterocycles. The monoisotopic (exact) mass is 1850 g/mol. The number of aliphatic carboxylic acids is 2. The third-order valence-electron chi connectivity index (χ3n) is 22.8. The SMILES string of the molecule is C=C(O)CCN1CC(=O)N(CC2CC2)c2ccc(NC(=O)Cc3ccc(NC(=O)Nc4ccccc4C)cc3)cc2C1=O.Cc1ccccc1NC(=O)Nc1ccc(CC(=O)Nc2ccc3c(c2)C(=O)N(CCC(=O)O)CC(=O)N3CCc2ccccc2)cc1.Cc1ccccc1NC(=O)Nc1ccc(CC(=O)Nc2ccc3c(c2)C(=O)N(CCC(=O)O)CC(=O)N3Cc2ccc(F)cc2)cc1. The first-order valence-electron chi connectivity index (χ1n) is 44.2. The predicted molar refractivity (Wildman–Crippen MR) is 521 cm³/mol. The van der Waals surface area contributed by atoms with Crippen molar-refractivity contribution in [2.24, 2.45) is 5.92 Å². The smallest absolute Gasteiger partial charge is 0.323 e. The molecule has 0 bridgehead atoms. The number of carbonyl (C=O) groups is 14. The summed E-state index contributed by atoms with van der Waals surface area (Å²) in [6.45, 7) is 9.27. The van der Waals surface area contributed by atoms with E-state index in [0.29, 0.717) is 105 Å². The number of nitrogens with zero attached hydrogens (tertiary/aromatic N) is 6. The zero-order valence-corrected chi connectivity index (χ0v) is 75.4. The number of para-hydroxylation sites is 3. The van der Waals surface area contributed by atoms with Gasteiger partial charge in [-0.2, -0.15) is 0 Å². The average Bonchev–Trinajstić information content (AvgIpc) is 1.67. The van der Waals surface area contributed by atoms with Gasteiger partial charge < -0.3 is 92.6 Å². The van der Waals surface area contributed by atoms with E-state index in [0.717, 1.165) is 46.3 Å². The molecule has 0 spiro atoms. The Morgan fingerprint density at radius 2 is 0.664 bits per heavy atom. The van der Waals surface area contributed by atoms with Crippen LogP contribution in [0.5, 0.6) is 0 Å². The van der Waals surface area contributed by atoms with E-state index < -0.39 is 41.5 Å². The number of hydrogen-bond donors (Lipinski definition) is 12. The minimum Gasteiger partial charge on any atom is -0.513 e. The average molecular weight is 1850 g/mol. The van der Waals surface area contributed by atoms with Gasteiger partial charge in [0.1, 0.15) is 25.5 Å². The largest absolute Gasteiger partial charge is 0.513 e. The van der Waals surface area contributed by atoms with Gasteiger partial charge in [0.15, 0.2) is 0 Å². The number of benzene rings is 11. The van der Waals surface area contributed by atoms with E-state index >= 15 is 0 Å². The van der Waals surface area contributed by atoms with Gasteiger partial charge >= 0.3 is 30.0 Å². The number of fused-ring (bicyclic) bond motifs is 3. The molecule has 137 heavy (non-hydrogen) atoms. The highest BCUT2D eigenvalue weighted by Gasteiger charge is 2.38. The molecular weight excluding hydrogens is 1750 g/mol. The highest BCUT2D eigenvalue weighted by atomic mass is 19.1. The van der Waals surface area contributed by atoms with Gasteiger partial charge in [0.2, 0.25) is 35.4 Å². The summed E-state index contributed by atoms with van der Waals surface area (Å²) in [5.74, 6) is -5.56. The second-order valence-electron chi connectivity index (χ2n) is 33.3. The van der Waals surface area contributed by atoms with Crippen molar-refractivity contribution in [1.29, 1.82) is 0 Å². The van der Waals surface area contributed by atoms with Gasteiger partial charge in [-0.25, -0.2) is 18.8 Å². The van der Waals surface area contributed by atoms with Crippen molar-refractivity contribution in [3.63, 3.8) is 0 Å². The Labute approximate surface area is 788 Å². The fourth-order valence-corrected chi connectivity index (χ4v) is 15.3. The lowest BCUT2D eigenvalue weighted by molar-refractivity contribution is -0.138. The van der Waals surface area contributed by atoms with Crippen molar-refractivity contribution in [2.75, 3.05) is 115 Å². The van der Waals surface area contributed by atoms with Crippen LogP contribution in [0.3, 0.4) is 0 Å². The number of aliphatic hydroxyl groups is 1. The van der Waals surface area contributed by atoms with Crippen LogP contribution in [0.1, 0.15) is 108 Å². The summed E-state index contributed by atoms with van der Waals surface area (Å²) < 4.78 is 13.5. The van der Waals surface area contributed by atoms with E-state index in [-0.39, 0.29) is 154 Å². The van der Waals surface area contributed by atoms with Gasteiger partial charge in [-0.3, -0.25) is 52.7 Å². The van der Waals surface area contributed by atoms with E-state index in [1.165, 1.54) is 56.0 Å². The molecule has 0 unspecified atom stereocenters. The number of nitrogens with one attached hydrogen (secondary N) is 9. The molecule has 0 atom stereocenters. The molecule has 702 valence electrons. The molecular formula is C104H102FN15O17. The molecule has 15 amide bonds. The Kier molecular flexibility index (Phi) is 32.6. The second-order valence-corrected chi connectivity index (χ2v) is 33.3. The molecule has 1 aliphatic carbocycles. The van der Waals surface area contributed by atoms with Crippen molar-refractivity contribution >= 4 is 151 Å². The summed E-state index contributed by atoms with van der Waals surface area (Å²) in [7, 11) is 0. The number of aliphatic hydroxyl groups excluding tert-OH is 1. The lowest BCUT2D eigenvalue weighted by atomic mass is 10.1. The molecule has 0 radical (unpaired) electrons. The van der Waals surface area contributed by atoms with E-state index in [4.69, 9.17) is 0 Å². The van der Waals surface area contributed by atoms with Crippen LogP contribution in [0.2, 0.25) is 0 Å². The van der Waals surface area contributed by atoms with Crippen molar-refractivity contribution in [2.45, 2.75) is 85.1 Å². The van der Waals surface area contributed by atoms with Crippen LogP contribution in [0.15, 0.2) is 267 Å². The summed E-state index contributed by atoms with van der Waals surface area (Å²) in [5.41, 5.74) is 13.4. The number of amides is 15. The van der Waals surface area contributed by atoms with Gasteiger partial charge in [-0.05, 0) is 212 Å². The first kappa shape index (κ1) is 97.4. The number of carbonyl (C=O) groups excluding carboxylic acids is 12. The Balaban J connectivity index is 0.000000174. The van der Waals surface area contributed by atoms with Crippen LogP contribution >= 0.6 is 0 Å². The minimum atomic E-state index is -1.12. The van der Waals surface area contributed by atoms with Gasteiger partial charge in [0.05, 0.1) is 78.2 Å². The van der Waals surface area contributed by atoms with Gasteiger partial charge in [0.25, 0.3) is 17.7 Å². The standard InChI is InChI=1S/C36H35N5O6.C35H32FN5O6.C33H35N5O5/c1-24-7-5-6-10-30(24)39-36(47)38-27-13-11-26(12-14-27)21-32(42)37-28-15-16-31-29(22-28)35(46)40(19-18-34(44)45)23-33(43)41(31)20-17-25-8-3-2-4-9-25;1-22-4-2-3-5-29(22)39-35(47)38-26-12-8-23(9-13-26)18-31(42)37-27-14-15-30-28(19-27)34(46)40(17-16-33(44)45)21-32(43)41(30)20-24-6-10-25(36)11-7-24;1-21-5-3-4-6-28(21)36-33(43)35-25-11-9-23(10-12-25)17-30(40)34-26-13-14-29-27(18-26)32(42)37(16-15-22(2)39)20-31(41)38(29)19-24-7-8-24/h2-16,22H,17-21,23H2,1H3,(H,37,42)(H,44,45)(H2,38,39,47);2-15,19H,16-18,20-21H2,1H3,(H,37,42)(H,44,45)(H2,38,39,47);3-6,9-14,18,24,39H,2,7-8,15-17,19-20H2,1H3,(H,34,40)(H2,35,36,43). The summed E-state index contributed by atoms with van der Waals surface area (Å²) in [6.07, 6.45) is 2.28. The normalized spacial score (nSPS) is 13.2. The van der Waals surface area contributed by atoms with Crippen molar-refractivity contribution in [3.8, 4) is 0 Å². The van der Waals surface area contributed by atoms with Crippen molar-refractivity contribution in [1.82, 2.24) is 14.7 Å². The van der Waals surface area contributed by atoms with E-state index in [1.807, 2.05) is 118 Å². The maximum atomic E-state index is 13.6. The highest BCUT2D eigenvalue weighted by molar-refractivity contribution is 6.14. The van der Waals surface area contributed by atoms with E-state index in [1.54, 1.807) is 131 Å². The summed E-state index contributed by atoms with van der Waals surface area (Å²) >= 11 is 0. The summed E-state index contributed by atoms with van der Waals surface area (Å²) in [6, 6.07) is 71.5. The molecule has 33 heteroatoms. The molecule has 1 fully saturated rings. The maximum Gasteiger partial charge on any atom is 0.323 e. The molecule has 12 N–H and O–H groups in total. The van der Waals surface area contributed by atoms with Crippen LogP contribution in [0.25, 0.3) is 0 Å². The molecule has 4 aliphatic rings. The topological polar surface area (TPSA) is 427 Å². The molecule has 11 aromatic rings. The number of carboxylic acid groups (broad SMARTS) is 2. The molecule has 0 saturated heterocycles. The van der Waals surface area contributed by atoms with Crippen LogP contribution < -0.4 is 62.6 Å². The molecule has 15 rings (SSSR count). The lowest BCUT2D eigenvalue weighted by Gasteiger charge is -2.23. The predicted octanol–water partition coefficient (Wildman–Crippen LogP) is 16.2. The van der Waals surface area contributed by atoms with Crippen LogP contribution in [-0.4, -0.2) is 166 Å². The van der Waals surface area contributed by atoms with E-state index in [2.05, 4.69) is 54.4 Å². The molecule has 0 aromatic heterocycles. The van der Waals surface area contributed by atoms with Crippen LogP contribution in [0.4, 0.5) is 87.0 Å². The number of anilines is 12. The fourth-order valence-electron chi connectivity index (χ4n) is 15.3. The van der Waals surface area contributed by atoms with E-state index in [9.17, 15) is 86.8 Å². The Morgan fingerprint density at radius 3 is 1.02 bits per heavy atom. The van der Waals surface area contributed by atoms with Gasteiger partial charge in [0, 0.05) is 90.3 Å². The molecule has 11 aromatic carbocycles. The summed E-state index contributed by atoms with van der Waals surface area (Å²) in [5, 5.41) is 53.1. The molecule has 1 saturated carbocycles. The molecule has 3 heterocycles. The van der Waals surface area contributed by atoms with Crippen LogP contribution in [0, 0.1) is 32.5 Å². The second kappa shape index (κ2) is 45.8. The van der Waals surface area contributed by atoms with Gasteiger partial charge in [-0.1, -0.05) is 140 Å². The quantitative estimate of drug-likeness (QED) is 0.0180. The number of urea groups is 3. The third kappa shape index (κ3) is 27.8.